The highest BCUT2D eigenvalue weighted by molar-refractivity contribution is 5.71. The summed E-state index contributed by atoms with van der Waals surface area (Å²) in [6.45, 7) is 6.63. The lowest BCUT2D eigenvalue weighted by Gasteiger charge is -2.18. The second-order valence-corrected chi connectivity index (χ2v) is 23.1. The molecule has 1 unspecified atom stereocenters. The molecule has 0 aliphatic rings. The average Bonchev–Trinajstić information content (AvgIpc) is 3.42. The second kappa shape index (κ2) is 65.2. The molecule has 6 nitrogen and oxygen atoms in total. The monoisotopic (exact) mass is 1070 g/mol. The van der Waals surface area contributed by atoms with Gasteiger partial charge in [0.05, 0.1) is 0 Å². The fourth-order valence-corrected chi connectivity index (χ4v) is 10.2. The van der Waals surface area contributed by atoms with Gasteiger partial charge in [0.1, 0.15) is 13.2 Å². The molecule has 76 heavy (non-hydrogen) atoms. The molecule has 0 saturated heterocycles. The first kappa shape index (κ1) is 73.6. The molecule has 0 amide bonds. The lowest BCUT2D eigenvalue weighted by atomic mass is 10.0. The van der Waals surface area contributed by atoms with Crippen molar-refractivity contribution in [2.45, 2.75) is 380 Å². The van der Waals surface area contributed by atoms with Crippen molar-refractivity contribution in [2.24, 2.45) is 0 Å². The van der Waals surface area contributed by atoms with Gasteiger partial charge in [-0.2, -0.15) is 0 Å². The minimum atomic E-state index is -0.776. The lowest BCUT2D eigenvalue weighted by Crippen LogP contribution is -2.30. The Morgan fingerprint density at radius 2 is 0.487 bits per heavy atom. The highest BCUT2D eigenvalue weighted by Crippen LogP contribution is 2.18. The molecule has 446 valence electrons. The summed E-state index contributed by atoms with van der Waals surface area (Å²) in [6.07, 6.45) is 80.4. The van der Waals surface area contributed by atoms with E-state index >= 15 is 0 Å². The summed E-state index contributed by atoms with van der Waals surface area (Å²) in [4.78, 5) is 38.3. The van der Waals surface area contributed by atoms with Gasteiger partial charge in [-0.05, 0) is 70.6 Å². The Morgan fingerprint density at radius 1 is 0.263 bits per heavy atom. The van der Waals surface area contributed by atoms with Crippen molar-refractivity contribution < 1.29 is 28.6 Å². The number of ether oxygens (including phenoxy) is 3. The van der Waals surface area contributed by atoms with E-state index in [2.05, 4.69) is 57.2 Å². The van der Waals surface area contributed by atoms with Crippen LogP contribution in [0.3, 0.4) is 0 Å². The number of esters is 3. The van der Waals surface area contributed by atoms with Gasteiger partial charge in [0.15, 0.2) is 6.10 Å². The van der Waals surface area contributed by atoms with Crippen LogP contribution in [0.2, 0.25) is 0 Å². The van der Waals surface area contributed by atoms with Crippen LogP contribution < -0.4 is 0 Å². The van der Waals surface area contributed by atoms with E-state index in [4.69, 9.17) is 14.2 Å². The molecule has 0 aromatic heterocycles. The number of unbranched alkanes of at least 4 members (excludes halogenated alkanes) is 46. The highest BCUT2D eigenvalue weighted by Gasteiger charge is 2.19. The molecule has 0 saturated carbocycles. The van der Waals surface area contributed by atoms with E-state index in [1.54, 1.807) is 0 Å². The molecular formula is C70H130O6. The lowest BCUT2D eigenvalue weighted by molar-refractivity contribution is -0.167. The molecule has 0 N–H and O–H groups in total. The van der Waals surface area contributed by atoms with Crippen LogP contribution >= 0.6 is 0 Å². The molecule has 0 aliphatic carbocycles. The van der Waals surface area contributed by atoms with Crippen molar-refractivity contribution in [3.63, 3.8) is 0 Å². The fraction of sp³-hybridized carbons (Fsp3) is 0.871. The number of hydrogen-bond acceptors (Lipinski definition) is 6. The molecule has 0 radical (unpaired) electrons. The molecule has 0 fully saturated rings. The predicted octanol–water partition coefficient (Wildman–Crippen LogP) is 23.2. The summed E-state index contributed by atoms with van der Waals surface area (Å²) in [5, 5.41) is 0. The standard InChI is InChI=1S/C70H130O6/c1-4-7-10-13-16-19-22-24-26-28-30-31-32-33-34-35-36-37-38-40-41-43-45-48-51-54-57-60-63-69(72)75-66-67(65-74-68(71)62-59-56-53-50-47-21-18-15-12-9-6-3)76-70(73)64-61-58-55-52-49-46-44-42-39-29-27-25-23-20-17-14-11-8-5-2/h15,17-18,20,25,27,67H,4-14,16,19,21-24,26,28-66H2,1-3H3/b18-15-,20-17-,27-25-. The smallest absolute Gasteiger partial charge is 0.306 e. The SMILES string of the molecule is CCCC/C=C\CCCCCCCC(=O)OCC(COC(=O)CCCCCCCCCCCCCCCCCCCCCCCCCCCCCC)OC(=O)CCCCCCCCCCC/C=C\C/C=C\CCCCC. The maximum absolute atomic E-state index is 12.9. The molecule has 0 aliphatic heterocycles. The maximum atomic E-state index is 12.9. The fourth-order valence-electron chi connectivity index (χ4n) is 10.2. The topological polar surface area (TPSA) is 78.9 Å². The molecule has 6 heteroatoms. The first-order valence-corrected chi connectivity index (χ1v) is 34.0. The van der Waals surface area contributed by atoms with Crippen LogP contribution in [0.5, 0.6) is 0 Å². The molecule has 0 heterocycles. The van der Waals surface area contributed by atoms with E-state index in [0.717, 1.165) is 70.6 Å². The number of hydrogen-bond donors (Lipinski definition) is 0. The Kier molecular flexibility index (Phi) is 63.1. The zero-order valence-electron chi connectivity index (χ0n) is 51.3. The van der Waals surface area contributed by atoms with Crippen molar-refractivity contribution in [1.29, 1.82) is 0 Å². The Labute approximate surface area is 474 Å². The van der Waals surface area contributed by atoms with Gasteiger partial charge in [-0.25, -0.2) is 0 Å². The molecule has 1 atom stereocenters. The van der Waals surface area contributed by atoms with E-state index in [1.165, 1.54) is 263 Å². The molecule has 0 aromatic rings. The third-order valence-corrected chi connectivity index (χ3v) is 15.4. The Bertz CT molecular complexity index is 1270. The highest BCUT2D eigenvalue weighted by atomic mass is 16.6. The summed E-state index contributed by atoms with van der Waals surface area (Å²) in [7, 11) is 0. The van der Waals surface area contributed by atoms with Gasteiger partial charge in [0.25, 0.3) is 0 Å². The minimum Gasteiger partial charge on any atom is -0.462 e. The van der Waals surface area contributed by atoms with Crippen molar-refractivity contribution in [3.8, 4) is 0 Å². The number of carbonyl (C=O) groups excluding carboxylic acids is 3. The van der Waals surface area contributed by atoms with E-state index in [9.17, 15) is 14.4 Å². The van der Waals surface area contributed by atoms with E-state index in [0.29, 0.717) is 19.3 Å². The quantitative estimate of drug-likeness (QED) is 0.0261. The molecule has 0 aromatic carbocycles. The first-order valence-electron chi connectivity index (χ1n) is 34.0. The van der Waals surface area contributed by atoms with Crippen LogP contribution in [0.15, 0.2) is 36.5 Å². The van der Waals surface area contributed by atoms with Gasteiger partial charge in [-0.15, -0.1) is 0 Å². The average molecular weight is 1070 g/mol. The van der Waals surface area contributed by atoms with E-state index < -0.39 is 6.10 Å². The van der Waals surface area contributed by atoms with Crippen LogP contribution in [0, 0.1) is 0 Å². The van der Waals surface area contributed by atoms with Crippen LogP contribution in [0.4, 0.5) is 0 Å². The van der Waals surface area contributed by atoms with Gasteiger partial charge in [0.2, 0.25) is 0 Å². The minimum absolute atomic E-state index is 0.0723. The van der Waals surface area contributed by atoms with Crippen molar-refractivity contribution in [2.75, 3.05) is 13.2 Å². The molecular weight excluding hydrogens is 937 g/mol. The normalized spacial score (nSPS) is 12.2. The van der Waals surface area contributed by atoms with Gasteiger partial charge in [-0.3, -0.25) is 14.4 Å². The second-order valence-electron chi connectivity index (χ2n) is 23.1. The largest absolute Gasteiger partial charge is 0.462 e. The number of allylic oxidation sites excluding steroid dienone is 6. The molecule has 0 bridgehead atoms. The predicted molar refractivity (Wildman–Crippen MR) is 330 cm³/mol. The zero-order valence-corrected chi connectivity index (χ0v) is 51.3. The van der Waals surface area contributed by atoms with E-state index in [1.807, 2.05) is 0 Å². The Balaban J connectivity index is 4.15. The van der Waals surface area contributed by atoms with Gasteiger partial charge < -0.3 is 14.2 Å². The number of carbonyl (C=O) groups is 3. The van der Waals surface area contributed by atoms with Crippen molar-refractivity contribution >= 4 is 17.9 Å². The molecule has 0 rings (SSSR count). The van der Waals surface area contributed by atoms with Gasteiger partial charge >= 0.3 is 17.9 Å². The third-order valence-electron chi connectivity index (χ3n) is 15.4. The van der Waals surface area contributed by atoms with Gasteiger partial charge in [-0.1, -0.05) is 320 Å². The summed E-state index contributed by atoms with van der Waals surface area (Å²) in [5.41, 5.74) is 0. The Hall–Kier alpha value is -2.37. The van der Waals surface area contributed by atoms with Crippen LogP contribution in [0.1, 0.15) is 374 Å². The maximum Gasteiger partial charge on any atom is 0.306 e. The molecule has 0 spiro atoms. The summed E-state index contributed by atoms with van der Waals surface area (Å²) in [6, 6.07) is 0. The van der Waals surface area contributed by atoms with Crippen molar-refractivity contribution in [1.82, 2.24) is 0 Å². The van der Waals surface area contributed by atoms with E-state index in [-0.39, 0.29) is 31.1 Å². The summed E-state index contributed by atoms with van der Waals surface area (Å²) in [5.74, 6) is -0.863. The third kappa shape index (κ3) is 62.5. The van der Waals surface area contributed by atoms with Gasteiger partial charge in [0, 0.05) is 19.3 Å². The summed E-state index contributed by atoms with van der Waals surface area (Å²) >= 11 is 0. The number of rotatable bonds is 63. The summed E-state index contributed by atoms with van der Waals surface area (Å²) < 4.78 is 16.9. The van der Waals surface area contributed by atoms with Crippen LogP contribution in [0.25, 0.3) is 0 Å². The van der Waals surface area contributed by atoms with Crippen LogP contribution in [-0.2, 0) is 28.6 Å². The Morgan fingerprint density at radius 3 is 0.803 bits per heavy atom. The van der Waals surface area contributed by atoms with Crippen molar-refractivity contribution in [3.05, 3.63) is 36.5 Å². The van der Waals surface area contributed by atoms with Crippen LogP contribution in [-0.4, -0.2) is 37.2 Å². The first-order chi connectivity index (χ1) is 37.5. The zero-order chi connectivity index (χ0) is 55.0.